The van der Waals surface area contributed by atoms with E-state index >= 15 is 0 Å². The second-order valence-electron chi connectivity index (χ2n) is 5.22. The minimum atomic E-state index is -0.271. The molecule has 0 bridgehead atoms. The molecule has 6 heteroatoms. The largest absolute Gasteiger partial charge is 0.493 e. The lowest BCUT2D eigenvalue weighted by Crippen LogP contribution is -2.13. The van der Waals surface area contributed by atoms with Gasteiger partial charge in [-0.3, -0.25) is 4.79 Å². The molecule has 4 nitrogen and oxygen atoms in total. The zero-order valence-electron chi connectivity index (χ0n) is 13.8. The fourth-order valence-electron chi connectivity index (χ4n) is 2.17. The Morgan fingerprint density at radius 2 is 2.08 bits per heavy atom. The second kappa shape index (κ2) is 8.40. The highest BCUT2D eigenvalue weighted by atomic mass is 79.9. The summed E-state index contributed by atoms with van der Waals surface area (Å²) in [6.45, 7) is 4.48. The Balaban J connectivity index is 2.31. The summed E-state index contributed by atoms with van der Waals surface area (Å²) in [5.74, 6) is 0.816. The molecule has 0 saturated heterocycles. The van der Waals surface area contributed by atoms with Crippen LogP contribution >= 0.6 is 27.5 Å². The molecule has 0 fully saturated rings. The van der Waals surface area contributed by atoms with Crippen molar-refractivity contribution in [1.82, 2.24) is 0 Å². The summed E-state index contributed by atoms with van der Waals surface area (Å²) in [6.07, 6.45) is 0.879. The maximum Gasteiger partial charge on any atom is 0.255 e. The monoisotopic (exact) mass is 411 g/mol. The molecule has 2 aromatic carbocycles. The number of nitrogens with one attached hydrogen (secondary N) is 1. The number of methoxy groups -OCH3 is 1. The molecule has 0 aromatic heterocycles. The standard InChI is InChI=1S/C18H19BrClNO3/c1-4-8-24-17-13(19)9-12(10-15(17)23-3)18(22)21-16-11(2)6-5-7-14(16)20/h5-7,9-10H,4,8H2,1-3H3,(H,21,22). The minimum Gasteiger partial charge on any atom is -0.493 e. The van der Waals surface area contributed by atoms with E-state index in [4.69, 9.17) is 21.1 Å². The van der Waals surface area contributed by atoms with Gasteiger partial charge in [-0.15, -0.1) is 0 Å². The summed E-state index contributed by atoms with van der Waals surface area (Å²) in [7, 11) is 1.54. The summed E-state index contributed by atoms with van der Waals surface area (Å²) < 4.78 is 11.7. The van der Waals surface area contributed by atoms with Gasteiger partial charge in [-0.2, -0.15) is 0 Å². The SMILES string of the molecule is CCCOc1c(Br)cc(C(=O)Nc2c(C)cccc2Cl)cc1OC. The average molecular weight is 413 g/mol. The van der Waals surface area contributed by atoms with Crippen molar-refractivity contribution in [2.24, 2.45) is 0 Å². The number of hydrogen-bond acceptors (Lipinski definition) is 3. The molecular weight excluding hydrogens is 394 g/mol. The van der Waals surface area contributed by atoms with Crippen LogP contribution in [0.15, 0.2) is 34.8 Å². The van der Waals surface area contributed by atoms with Crippen molar-refractivity contribution < 1.29 is 14.3 Å². The first kappa shape index (κ1) is 18.6. The van der Waals surface area contributed by atoms with Gasteiger partial charge in [0.1, 0.15) is 0 Å². The van der Waals surface area contributed by atoms with Crippen LogP contribution in [0.3, 0.4) is 0 Å². The van der Waals surface area contributed by atoms with E-state index in [1.807, 2.05) is 26.0 Å². The highest BCUT2D eigenvalue weighted by molar-refractivity contribution is 9.10. The number of ether oxygens (including phenoxy) is 2. The van der Waals surface area contributed by atoms with Gasteiger partial charge in [-0.05, 0) is 53.0 Å². The third-order valence-electron chi connectivity index (χ3n) is 3.40. The predicted molar refractivity (Wildman–Crippen MR) is 101 cm³/mol. The number of aryl methyl sites for hydroxylation is 1. The topological polar surface area (TPSA) is 47.6 Å². The van der Waals surface area contributed by atoms with E-state index in [1.54, 1.807) is 25.3 Å². The van der Waals surface area contributed by atoms with E-state index in [2.05, 4.69) is 21.2 Å². The van der Waals surface area contributed by atoms with Crippen molar-refractivity contribution in [3.05, 3.63) is 51.0 Å². The normalized spacial score (nSPS) is 10.4. The Morgan fingerprint density at radius 1 is 1.33 bits per heavy atom. The van der Waals surface area contributed by atoms with Crippen molar-refractivity contribution in [2.75, 3.05) is 19.0 Å². The molecular formula is C18H19BrClNO3. The van der Waals surface area contributed by atoms with Crippen LogP contribution in [0, 0.1) is 6.92 Å². The quantitative estimate of drug-likeness (QED) is 0.685. The fourth-order valence-corrected chi connectivity index (χ4v) is 3.00. The second-order valence-corrected chi connectivity index (χ2v) is 6.49. The summed E-state index contributed by atoms with van der Waals surface area (Å²) in [5, 5.41) is 3.35. The smallest absolute Gasteiger partial charge is 0.255 e. The Labute approximate surface area is 155 Å². The number of amides is 1. The van der Waals surface area contributed by atoms with Gasteiger partial charge in [0.2, 0.25) is 0 Å². The van der Waals surface area contributed by atoms with Crippen LogP contribution in [0.1, 0.15) is 29.3 Å². The minimum absolute atomic E-state index is 0.271. The molecule has 0 saturated carbocycles. The molecule has 2 rings (SSSR count). The van der Waals surface area contributed by atoms with E-state index < -0.39 is 0 Å². The third-order valence-corrected chi connectivity index (χ3v) is 4.31. The maximum atomic E-state index is 12.6. The molecule has 0 spiro atoms. The first-order valence-corrected chi connectivity index (χ1v) is 8.71. The van der Waals surface area contributed by atoms with Crippen LogP contribution in [0.2, 0.25) is 5.02 Å². The first-order valence-electron chi connectivity index (χ1n) is 7.54. The summed E-state index contributed by atoms with van der Waals surface area (Å²) >= 11 is 9.61. The summed E-state index contributed by atoms with van der Waals surface area (Å²) in [6, 6.07) is 8.82. The lowest BCUT2D eigenvalue weighted by molar-refractivity contribution is 0.102. The van der Waals surface area contributed by atoms with E-state index in [-0.39, 0.29) is 5.91 Å². The molecule has 0 aliphatic heterocycles. The van der Waals surface area contributed by atoms with E-state index in [0.29, 0.717) is 38.9 Å². The molecule has 0 aliphatic rings. The van der Waals surface area contributed by atoms with Gasteiger partial charge < -0.3 is 14.8 Å². The number of para-hydroxylation sites is 1. The lowest BCUT2D eigenvalue weighted by Gasteiger charge is -2.15. The molecule has 0 aliphatic carbocycles. The number of carbonyl (C=O) groups is 1. The van der Waals surface area contributed by atoms with E-state index in [1.165, 1.54) is 0 Å². The fraction of sp³-hybridized carbons (Fsp3) is 0.278. The molecule has 128 valence electrons. The Kier molecular flexibility index (Phi) is 6.52. The highest BCUT2D eigenvalue weighted by Crippen LogP contribution is 2.37. The number of rotatable bonds is 6. The molecule has 2 aromatic rings. The van der Waals surface area contributed by atoms with Crippen LogP contribution in [-0.4, -0.2) is 19.6 Å². The van der Waals surface area contributed by atoms with Gasteiger partial charge in [0.15, 0.2) is 11.5 Å². The molecule has 0 atom stereocenters. The van der Waals surface area contributed by atoms with Gasteiger partial charge in [0.05, 0.1) is 28.9 Å². The van der Waals surface area contributed by atoms with Crippen molar-refractivity contribution in [2.45, 2.75) is 20.3 Å². The van der Waals surface area contributed by atoms with Crippen LogP contribution in [0.25, 0.3) is 0 Å². The van der Waals surface area contributed by atoms with Crippen LogP contribution < -0.4 is 14.8 Å². The number of benzene rings is 2. The molecule has 0 heterocycles. The molecule has 1 N–H and O–H groups in total. The average Bonchev–Trinajstić information content (AvgIpc) is 2.56. The highest BCUT2D eigenvalue weighted by Gasteiger charge is 2.17. The van der Waals surface area contributed by atoms with E-state index in [0.717, 1.165) is 12.0 Å². The predicted octanol–water partition coefficient (Wildman–Crippen LogP) is 5.46. The maximum absolute atomic E-state index is 12.6. The number of hydrogen-bond donors (Lipinski definition) is 1. The molecule has 24 heavy (non-hydrogen) atoms. The first-order chi connectivity index (χ1) is 11.5. The third kappa shape index (κ3) is 4.22. The lowest BCUT2D eigenvalue weighted by atomic mass is 10.1. The van der Waals surface area contributed by atoms with Crippen molar-refractivity contribution >= 4 is 39.1 Å². The van der Waals surface area contributed by atoms with Gasteiger partial charge in [-0.1, -0.05) is 30.7 Å². The summed E-state index contributed by atoms with van der Waals surface area (Å²) in [5.41, 5.74) is 1.94. The summed E-state index contributed by atoms with van der Waals surface area (Å²) in [4.78, 5) is 12.6. The Morgan fingerprint density at radius 3 is 2.71 bits per heavy atom. The van der Waals surface area contributed by atoms with Crippen LogP contribution in [0.4, 0.5) is 5.69 Å². The van der Waals surface area contributed by atoms with Crippen LogP contribution in [-0.2, 0) is 0 Å². The Bertz CT molecular complexity index is 729. The van der Waals surface area contributed by atoms with Gasteiger partial charge in [0.25, 0.3) is 5.91 Å². The molecule has 1 amide bonds. The number of anilines is 1. The number of halogens is 2. The van der Waals surface area contributed by atoms with E-state index in [9.17, 15) is 4.79 Å². The van der Waals surface area contributed by atoms with Crippen molar-refractivity contribution in [3.63, 3.8) is 0 Å². The van der Waals surface area contributed by atoms with Crippen LogP contribution in [0.5, 0.6) is 11.5 Å². The molecule has 0 radical (unpaired) electrons. The van der Waals surface area contributed by atoms with Crippen molar-refractivity contribution in [3.8, 4) is 11.5 Å². The Hall–Kier alpha value is -1.72. The number of carbonyl (C=O) groups excluding carboxylic acids is 1. The zero-order chi connectivity index (χ0) is 17.7. The molecule has 0 unspecified atom stereocenters. The zero-order valence-corrected chi connectivity index (χ0v) is 16.1. The van der Waals surface area contributed by atoms with Gasteiger partial charge >= 0.3 is 0 Å². The van der Waals surface area contributed by atoms with Gasteiger partial charge in [-0.25, -0.2) is 0 Å². The van der Waals surface area contributed by atoms with Gasteiger partial charge in [0, 0.05) is 5.56 Å². The van der Waals surface area contributed by atoms with Crippen molar-refractivity contribution in [1.29, 1.82) is 0 Å².